The summed E-state index contributed by atoms with van der Waals surface area (Å²) in [6, 6.07) is 1.72. The van der Waals surface area contributed by atoms with Crippen molar-refractivity contribution < 1.29 is 0 Å². The van der Waals surface area contributed by atoms with Gasteiger partial charge in [-0.2, -0.15) is 5.10 Å². The molecular formula is C13H21N5O. The van der Waals surface area contributed by atoms with E-state index in [1.165, 1.54) is 0 Å². The van der Waals surface area contributed by atoms with Gasteiger partial charge < -0.3 is 15.5 Å². The van der Waals surface area contributed by atoms with Crippen LogP contribution in [0.5, 0.6) is 0 Å². The molecule has 6 heteroatoms. The molecule has 6 nitrogen and oxygen atoms in total. The summed E-state index contributed by atoms with van der Waals surface area (Å²) >= 11 is 0. The maximum Gasteiger partial charge on any atom is 0.268 e. The number of hydrogen-bond acceptors (Lipinski definition) is 5. The van der Waals surface area contributed by atoms with E-state index in [0.29, 0.717) is 5.92 Å². The minimum atomic E-state index is 0.0166. The molecule has 0 spiro atoms. The van der Waals surface area contributed by atoms with Gasteiger partial charge in [0.05, 0.1) is 11.9 Å². The summed E-state index contributed by atoms with van der Waals surface area (Å²) in [7, 11) is 0. The molecule has 0 bridgehead atoms. The van der Waals surface area contributed by atoms with Crippen LogP contribution in [0, 0.1) is 5.92 Å². The fourth-order valence-electron chi connectivity index (χ4n) is 2.77. The molecule has 19 heavy (non-hydrogen) atoms. The van der Waals surface area contributed by atoms with E-state index in [2.05, 4.69) is 20.6 Å². The van der Waals surface area contributed by atoms with Crippen molar-refractivity contribution in [2.45, 2.75) is 13.0 Å². The van der Waals surface area contributed by atoms with Crippen LogP contribution < -0.4 is 21.1 Å². The zero-order valence-corrected chi connectivity index (χ0v) is 11.1. The van der Waals surface area contributed by atoms with Crippen LogP contribution in [0.1, 0.15) is 6.42 Å². The number of nitrogens with zero attached hydrogens (tertiary/aromatic N) is 3. The molecule has 2 saturated heterocycles. The highest BCUT2D eigenvalue weighted by Gasteiger charge is 2.17. The van der Waals surface area contributed by atoms with E-state index in [1.807, 2.05) is 6.20 Å². The molecule has 2 fully saturated rings. The zero-order valence-electron chi connectivity index (χ0n) is 11.1. The van der Waals surface area contributed by atoms with Crippen LogP contribution in [0.3, 0.4) is 0 Å². The zero-order chi connectivity index (χ0) is 13.1. The first-order chi connectivity index (χ1) is 9.33. The van der Waals surface area contributed by atoms with Crippen molar-refractivity contribution in [3.63, 3.8) is 0 Å². The molecule has 1 aromatic rings. The molecule has 1 unspecified atom stereocenters. The Morgan fingerprint density at radius 1 is 1.26 bits per heavy atom. The summed E-state index contributed by atoms with van der Waals surface area (Å²) in [4.78, 5) is 14.3. The maximum absolute atomic E-state index is 12.1. The lowest BCUT2D eigenvalue weighted by Gasteiger charge is -2.29. The van der Waals surface area contributed by atoms with E-state index in [-0.39, 0.29) is 5.56 Å². The van der Waals surface area contributed by atoms with Crippen LogP contribution in [0.25, 0.3) is 0 Å². The first-order valence-corrected chi connectivity index (χ1v) is 7.06. The van der Waals surface area contributed by atoms with Gasteiger partial charge in [0.25, 0.3) is 5.56 Å². The standard InChI is InChI=1S/C13H21N5O/c19-13-7-12(17-5-3-14-4-6-17)9-16-18(13)10-11-1-2-15-8-11/h7,9,11,14-15H,1-6,8,10H2. The van der Waals surface area contributed by atoms with Gasteiger partial charge in [-0.15, -0.1) is 0 Å². The predicted molar refractivity (Wildman–Crippen MR) is 74.6 cm³/mol. The second kappa shape index (κ2) is 5.71. The van der Waals surface area contributed by atoms with Crippen LogP contribution in [0.4, 0.5) is 5.69 Å². The highest BCUT2D eigenvalue weighted by Crippen LogP contribution is 2.12. The third-order valence-corrected chi connectivity index (χ3v) is 3.93. The average Bonchev–Trinajstić information content (AvgIpc) is 2.95. The Morgan fingerprint density at radius 3 is 2.79 bits per heavy atom. The maximum atomic E-state index is 12.1. The molecule has 0 amide bonds. The molecule has 0 saturated carbocycles. The molecule has 2 aliphatic heterocycles. The number of rotatable bonds is 3. The fourth-order valence-corrected chi connectivity index (χ4v) is 2.77. The van der Waals surface area contributed by atoms with Gasteiger partial charge in [0.1, 0.15) is 0 Å². The number of aromatic nitrogens is 2. The van der Waals surface area contributed by atoms with Gasteiger partial charge in [-0.25, -0.2) is 4.68 Å². The molecule has 0 aromatic carbocycles. The van der Waals surface area contributed by atoms with E-state index in [4.69, 9.17) is 0 Å². The third kappa shape index (κ3) is 2.96. The lowest BCUT2D eigenvalue weighted by molar-refractivity contribution is 0.433. The molecule has 0 aliphatic carbocycles. The molecule has 2 aliphatic rings. The van der Waals surface area contributed by atoms with Crippen molar-refractivity contribution in [2.75, 3.05) is 44.2 Å². The van der Waals surface area contributed by atoms with Crippen LogP contribution >= 0.6 is 0 Å². The van der Waals surface area contributed by atoms with Crippen molar-refractivity contribution in [3.05, 3.63) is 22.6 Å². The monoisotopic (exact) mass is 263 g/mol. The van der Waals surface area contributed by atoms with E-state index in [1.54, 1.807) is 10.7 Å². The Labute approximate surface area is 112 Å². The highest BCUT2D eigenvalue weighted by molar-refractivity contribution is 5.43. The molecule has 1 atom stereocenters. The Kier molecular flexibility index (Phi) is 3.79. The van der Waals surface area contributed by atoms with Crippen LogP contribution in [-0.2, 0) is 6.54 Å². The second-order valence-electron chi connectivity index (χ2n) is 5.33. The van der Waals surface area contributed by atoms with Crippen molar-refractivity contribution in [3.8, 4) is 0 Å². The number of hydrogen-bond donors (Lipinski definition) is 2. The van der Waals surface area contributed by atoms with Crippen molar-refractivity contribution in [2.24, 2.45) is 5.92 Å². The minimum Gasteiger partial charge on any atom is -0.368 e. The molecule has 3 heterocycles. The van der Waals surface area contributed by atoms with Gasteiger partial charge in [0, 0.05) is 38.8 Å². The average molecular weight is 263 g/mol. The number of anilines is 1. The summed E-state index contributed by atoms with van der Waals surface area (Å²) in [5.74, 6) is 0.537. The van der Waals surface area contributed by atoms with E-state index in [9.17, 15) is 4.79 Å². The lowest BCUT2D eigenvalue weighted by atomic mass is 10.1. The summed E-state index contributed by atoms with van der Waals surface area (Å²) in [6.07, 6.45) is 2.96. The van der Waals surface area contributed by atoms with Gasteiger partial charge in [-0.05, 0) is 25.4 Å². The quantitative estimate of drug-likeness (QED) is 0.752. The molecule has 2 N–H and O–H groups in total. The normalized spacial score (nSPS) is 23.8. The van der Waals surface area contributed by atoms with Gasteiger partial charge in [-0.1, -0.05) is 0 Å². The number of nitrogens with one attached hydrogen (secondary N) is 2. The minimum absolute atomic E-state index is 0.0166. The molecule has 1 aromatic heterocycles. The van der Waals surface area contributed by atoms with E-state index >= 15 is 0 Å². The van der Waals surface area contributed by atoms with Gasteiger partial charge in [0.2, 0.25) is 0 Å². The van der Waals surface area contributed by atoms with Gasteiger partial charge in [0.15, 0.2) is 0 Å². The van der Waals surface area contributed by atoms with E-state index in [0.717, 1.165) is 57.9 Å². The van der Waals surface area contributed by atoms with Crippen LogP contribution in [0.15, 0.2) is 17.1 Å². The van der Waals surface area contributed by atoms with Gasteiger partial charge in [-0.3, -0.25) is 4.79 Å². The Bertz CT molecular complexity index is 474. The van der Waals surface area contributed by atoms with E-state index < -0.39 is 0 Å². The lowest BCUT2D eigenvalue weighted by Crippen LogP contribution is -2.44. The second-order valence-corrected chi connectivity index (χ2v) is 5.33. The Balaban J connectivity index is 1.71. The largest absolute Gasteiger partial charge is 0.368 e. The SMILES string of the molecule is O=c1cc(N2CCNCC2)cnn1CC1CCNC1. The first-order valence-electron chi connectivity index (χ1n) is 7.06. The fraction of sp³-hybridized carbons (Fsp3) is 0.692. The summed E-state index contributed by atoms with van der Waals surface area (Å²) in [5.41, 5.74) is 0.968. The Hall–Kier alpha value is -1.40. The first kappa shape index (κ1) is 12.6. The number of piperazine rings is 1. The van der Waals surface area contributed by atoms with Crippen LogP contribution in [-0.4, -0.2) is 49.0 Å². The molecular weight excluding hydrogens is 242 g/mol. The summed E-state index contributed by atoms with van der Waals surface area (Å²) < 4.78 is 1.60. The predicted octanol–water partition coefficient (Wildman–Crippen LogP) is -0.738. The van der Waals surface area contributed by atoms with Crippen molar-refractivity contribution in [1.82, 2.24) is 20.4 Å². The molecule has 3 rings (SSSR count). The summed E-state index contributed by atoms with van der Waals surface area (Å²) in [5, 5.41) is 11.0. The summed E-state index contributed by atoms with van der Waals surface area (Å²) in [6.45, 7) is 6.60. The van der Waals surface area contributed by atoms with Crippen molar-refractivity contribution >= 4 is 5.69 Å². The highest BCUT2D eigenvalue weighted by atomic mass is 16.1. The molecule has 104 valence electrons. The molecule has 0 radical (unpaired) electrons. The smallest absolute Gasteiger partial charge is 0.268 e. The van der Waals surface area contributed by atoms with Crippen LogP contribution in [0.2, 0.25) is 0 Å². The Morgan fingerprint density at radius 2 is 2.11 bits per heavy atom. The third-order valence-electron chi connectivity index (χ3n) is 3.93. The van der Waals surface area contributed by atoms with Gasteiger partial charge >= 0.3 is 0 Å². The van der Waals surface area contributed by atoms with Crippen molar-refractivity contribution in [1.29, 1.82) is 0 Å². The topological polar surface area (TPSA) is 62.2 Å².